The number of rotatable bonds is 6. The Balaban J connectivity index is 1.51. The fourth-order valence-corrected chi connectivity index (χ4v) is 3.98. The topological polar surface area (TPSA) is 62.2 Å². The van der Waals surface area contributed by atoms with Crippen LogP contribution in [0.5, 0.6) is 11.5 Å². The molecule has 1 saturated carbocycles. The molecule has 3 atom stereocenters. The summed E-state index contributed by atoms with van der Waals surface area (Å²) in [4.78, 5) is 2.41. The molecule has 134 valence electrons. The number of hydrogen-bond donors (Lipinski definition) is 2. The lowest BCUT2D eigenvalue weighted by Crippen LogP contribution is -2.46. The molecule has 1 unspecified atom stereocenters. The van der Waals surface area contributed by atoms with Gasteiger partial charge in [-0.1, -0.05) is 18.9 Å². The number of phenols is 1. The van der Waals surface area contributed by atoms with Crippen molar-refractivity contribution in [3.63, 3.8) is 0 Å². The molecule has 1 aliphatic heterocycles. The highest BCUT2D eigenvalue weighted by Crippen LogP contribution is 2.29. The minimum atomic E-state index is -0.171. The van der Waals surface area contributed by atoms with Crippen molar-refractivity contribution in [2.45, 2.75) is 56.8 Å². The van der Waals surface area contributed by atoms with Gasteiger partial charge in [0.25, 0.3) is 0 Å². The van der Waals surface area contributed by atoms with Gasteiger partial charge in [0.1, 0.15) is 0 Å². The molecule has 0 spiro atoms. The molecule has 3 rings (SSSR count). The van der Waals surface area contributed by atoms with Crippen LogP contribution in [0.2, 0.25) is 0 Å². The van der Waals surface area contributed by atoms with E-state index in [0.29, 0.717) is 18.4 Å². The Morgan fingerprint density at radius 3 is 2.75 bits per heavy atom. The number of nitrogens with zero attached hydrogens (tertiary/aromatic N) is 1. The summed E-state index contributed by atoms with van der Waals surface area (Å²) in [5.41, 5.74) is 1.05. The van der Waals surface area contributed by atoms with Crippen LogP contribution in [0.15, 0.2) is 18.2 Å². The zero-order valence-electron chi connectivity index (χ0n) is 14.5. The van der Waals surface area contributed by atoms with E-state index < -0.39 is 0 Å². The van der Waals surface area contributed by atoms with Crippen LogP contribution in [0.1, 0.15) is 37.7 Å². The minimum Gasteiger partial charge on any atom is -0.504 e. The molecule has 1 aliphatic carbocycles. The number of hydrogen-bond acceptors (Lipinski definition) is 5. The van der Waals surface area contributed by atoms with Gasteiger partial charge >= 0.3 is 0 Å². The molecule has 1 aromatic carbocycles. The summed E-state index contributed by atoms with van der Waals surface area (Å²) in [5.74, 6) is 0.677. The quantitative estimate of drug-likeness (QED) is 0.835. The fourth-order valence-electron chi connectivity index (χ4n) is 3.98. The third kappa shape index (κ3) is 4.21. The maximum absolute atomic E-state index is 9.85. The first-order chi connectivity index (χ1) is 11.7. The van der Waals surface area contributed by atoms with Crippen molar-refractivity contribution in [1.29, 1.82) is 0 Å². The molecule has 24 heavy (non-hydrogen) atoms. The van der Waals surface area contributed by atoms with Gasteiger partial charge in [-0.15, -0.1) is 0 Å². The summed E-state index contributed by atoms with van der Waals surface area (Å²) in [6, 6.07) is 5.95. The number of aliphatic hydroxyl groups is 1. The molecule has 0 amide bonds. The van der Waals surface area contributed by atoms with Crippen LogP contribution in [-0.4, -0.2) is 60.2 Å². The van der Waals surface area contributed by atoms with Gasteiger partial charge in [0.15, 0.2) is 11.5 Å². The first-order valence-corrected chi connectivity index (χ1v) is 9.07. The van der Waals surface area contributed by atoms with Gasteiger partial charge in [-0.3, -0.25) is 4.90 Å². The van der Waals surface area contributed by atoms with E-state index in [1.165, 1.54) is 19.3 Å². The number of methoxy groups -OCH3 is 1. The van der Waals surface area contributed by atoms with Crippen LogP contribution in [0.3, 0.4) is 0 Å². The molecular weight excluding hydrogens is 306 g/mol. The smallest absolute Gasteiger partial charge is 0.160 e. The predicted molar refractivity (Wildman–Crippen MR) is 92.6 cm³/mol. The molecule has 5 nitrogen and oxygen atoms in total. The SMILES string of the molecule is COc1ccc(CCO[C@@H]2CCCCC2N2CC[C@@H](O)C2)cc1O. The van der Waals surface area contributed by atoms with Gasteiger partial charge in [-0.25, -0.2) is 0 Å². The third-order valence-corrected chi connectivity index (χ3v) is 5.30. The molecular formula is C19H29NO4. The molecule has 1 aromatic rings. The Hall–Kier alpha value is -1.30. The number of likely N-dealkylation sites (tertiary alicyclic amines) is 1. The highest BCUT2D eigenvalue weighted by Gasteiger charge is 2.34. The van der Waals surface area contributed by atoms with Crippen molar-refractivity contribution in [2.24, 2.45) is 0 Å². The summed E-state index contributed by atoms with van der Waals surface area (Å²) < 4.78 is 11.3. The number of β-amino-alcohol motifs (C(OH)–C–C–N with tert-alkyl or cyclic N) is 1. The summed E-state index contributed by atoms with van der Waals surface area (Å²) >= 11 is 0. The van der Waals surface area contributed by atoms with E-state index in [9.17, 15) is 10.2 Å². The van der Waals surface area contributed by atoms with E-state index in [1.807, 2.05) is 6.07 Å². The van der Waals surface area contributed by atoms with Crippen molar-refractivity contribution < 1.29 is 19.7 Å². The minimum absolute atomic E-state index is 0.171. The van der Waals surface area contributed by atoms with Crippen molar-refractivity contribution in [3.05, 3.63) is 23.8 Å². The average molecular weight is 335 g/mol. The number of aromatic hydroxyl groups is 1. The van der Waals surface area contributed by atoms with Crippen LogP contribution in [-0.2, 0) is 11.2 Å². The standard InChI is InChI=1S/C19H29NO4/c1-23-19-7-6-14(12-17(19)22)9-11-24-18-5-3-2-4-16(18)20-10-8-15(21)13-20/h6-7,12,15-16,18,21-22H,2-5,8-11,13H2,1H3/t15-,16?,18-/m1/s1. The Kier molecular flexibility index (Phi) is 5.98. The van der Waals surface area contributed by atoms with Crippen molar-refractivity contribution in [3.8, 4) is 11.5 Å². The van der Waals surface area contributed by atoms with Crippen LogP contribution in [0.4, 0.5) is 0 Å². The second-order valence-corrected chi connectivity index (χ2v) is 6.95. The number of benzene rings is 1. The third-order valence-electron chi connectivity index (χ3n) is 5.30. The lowest BCUT2D eigenvalue weighted by atomic mass is 9.91. The predicted octanol–water partition coefficient (Wildman–Crippen LogP) is 2.34. The van der Waals surface area contributed by atoms with E-state index in [0.717, 1.165) is 37.9 Å². The maximum atomic E-state index is 9.85. The summed E-state index contributed by atoms with van der Waals surface area (Å²) in [6.45, 7) is 2.43. The average Bonchev–Trinajstić information content (AvgIpc) is 3.02. The molecule has 2 N–H and O–H groups in total. The number of aliphatic hydroxyl groups excluding tert-OH is 1. The van der Waals surface area contributed by atoms with Crippen LogP contribution < -0.4 is 4.74 Å². The summed E-state index contributed by atoms with van der Waals surface area (Å²) in [5, 5.41) is 19.6. The monoisotopic (exact) mass is 335 g/mol. The second kappa shape index (κ2) is 8.19. The Morgan fingerprint density at radius 2 is 2.04 bits per heavy atom. The summed E-state index contributed by atoms with van der Waals surface area (Å²) in [7, 11) is 1.55. The van der Waals surface area contributed by atoms with E-state index in [2.05, 4.69) is 4.90 Å². The first-order valence-electron chi connectivity index (χ1n) is 9.07. The zero-order chi connectivity index (χ0) is 16.9. The zero-order valence-corrected chi connectivity index (χ0v) is 14.5. The molecule has 1 heterocycles. The normalized spacial score (nSPS) is 28.2. The van der Waals surface area contributed by atoms with E-state index >= 15 is 0 Å². The van der Waals surface area contributed by atoms with Gasteiger partial charge in [-0.2, -0.15) is 0 Å². The van der Waals surface area contributed by atoms with Gasteiger partial charge in [0.05, 0.1) is 25.9 Å². The number of phenolic OH excluding ortho intramolecular Hbond substituents is 1. The van der Waals surface area contributed by atoms with Crippen LogP contribution in [0, 0.1) is 0 Å². The van der Waals surface area contributed by atoms with E-state index in [1.54, 1.807) is 19.2 Å². The second-order valence-electron chi connectivity index (χ2n) is 6.95. The van der Waals surface area contributed by atoms with Crippen LogP contribution >= 0.6 is 0 Å². The van der Waals surface area contributed by atoms with E-state index in [4.69, 9.17) is 9.47 Å². The molecule has 2 fully saturated rings. The molecule has 2 aliphatic rings. The highest BCUT2D eigenvalue weighted by atomic mass is 16.5. The first kappa shape index (κ1) is 17.5. The Morgan fingerprint density at radius 1 is 1.21 bits per heavy atom. The van der Waals surface area contributed by atoms with Gasteiger partial charge in [0, 0.05) is 19.1 Å². The van der Waals surface area contributed by atoms with Gasteiger partial charge in [-0.05, 0) is 43.4 Å². The maximum Gasteiger partial charge on any atom is 0.160 e. The summed E-state index contributed by atoms with van der Waals surface area (Å²) in [6.07, 6.45) is 6.50. The largest absolute Gasteiger partial charge is 0.504 e. The number of ether oxygens (including phenoxy) is 2. The van der Waals surface area contributed by atoms with E-state index in [-0.39, 0.29) is 18.0 Å². The lowest BCUT2D eigenvalue weighted by molar-refractivity contribution is -0.0316. The lowest BCUT2D eigenvalue weighted by Gasteiger charge is -2.37. The Bertz CT molecular complexity index is 536. The molecule has 0 bridgehead atoms. The molecule has 5 heteroatoms. The molecule has 0 aromatic heterocycles. The molecule has 0 radical (unpaired) electrons. The van der Waals surface area contributed by atoms with Crippen molar-refractivity contribution in [2.75, 3.05) is 26.8 Å². The van der Waals surface area contributed by atoms with Gasteiger partial charge < -0.3 is 19.7 Å². The van der Waals surface area contributed by atoms with Gasteiger partial charge in [0.2, 0.25) is 0 Å². The Labute approximate surface area is 144 Å². The van der Waals surface area contributed by atoms with Crippen molar-refractivity contribution >= 4 is 0 Å². The molecule has 1 saturated heterocycles. The highest BCUT2D eigenvalue weighted by molar-refractivity contribution is 5.41. The fraction of sp³-hybridized carbons (Fsp3) is 0.684. The van der Waals surface area contributed by atoms with Crippen LogP contribution in [0.25, 0.3) is 0 Å². The van der Waals surface area contributed by atoms with Crippen molar-refractivity contribution in [1.82, 2.24) is 4.90 Å².